The minimum absolute atomic E-state index is 0.0273. The Bertz CT molecular complexity index is 398. The van der Waals surface area contributed by atoms with Crippen LogP contribution in [0.1, 0.15) is 17.7 Å². The molecule has 1 rings (SSSR count). The highest BCUT2D eigenvalue weighted by atomic mass is 35.5. The van der Waals surface area contributed by atoms with Crippen LogP contribution in [0.15, 0.2) is 6.07 Å². The first-order chi connectivity index (χ1) is 6.91. The van der Waals surface area contributed by atoms with Gasteiger partial charge in [0.1, 0.15) is 10.8 Å². The van der Waals surface area contributed by atoms with E-state index in [1.807, 2.05) is 0 Å². The summed E-state index contributed by atoms with van der Waals surface area (Å²) in [5, 5.41) is 8.08. The number of carbonyl (C=O) groups is 1. The second-order valence-electron chi connectivity index (χ2n) is 2.68. The summed E-state index contributed by atoms with van der Waals surface area (Å²) in [6.45, 7) is 0. The Morgan fingerprint density at radius 2 is 2.13 bits per heavy atom. The van der Waals surface area contributed by atoms with Gasteiger partial charge in [-0.05, 0) is 11.6 Å². The molecule has 1 heterocycles. The number of nitrogens with zero attached hydrogens (tertiary/aromatic N) is 1. The van der Waals surface area contributed by atoms with E-state index in [1.54, 1.807) is 0 Å². The van der Waals surface area contributed by atoms with Crippen molar-refractivity contribution in [2.45, 2.75) is 12.8 Å². The highest BCUT2D eigenvalue weighted by Gasteiger charge is 2.16. The van der Waals surface area contributed by atoms with Crippen LogP contribution in [-0.4, -0.2) is 16.1 Å². The third-order valence-electron chi connectivity index (χ3n) is 1.58. The zero-order valence-corrected chi connectivity index (χ0v) is 8.69. The lowest BCUT2D eigenvalue weighted by molar-refractivity contribution is -0.136. The minimum atomic E-state index is -2.81. The molecule has 0 amide bonds. The fraction of sp³-hybridized carbons (Fsp3) is 0.250. The normalized spacial score (nSPS) is 10.7. The summed E-state index contributed by atoms with van der Waals surface area (Å²) < 4.78 is 24.6. The molecule has 0 fully saturated rings. The third-order valence-corrected chi connectivity index (χ3v) is 2.37. The van der Waals surface area contributed by atoms with Crippen LogP contribution in [-0.2, 0) is 11.2 Å². The standard InChI is InChI=1S/C8H5Cl2F2NO2/c9-6-3(2-5(14)15)1-4(8(11)12)13-7(6)10/h1,8H,2H2,(H,14,15). The molecule has 7 heteroatoms. The maximum Gasteiger partial charge on any atom is 0.307 e. The number of halogens is 4. The van der Waals surface area contributed by atoms with Gasteiger partial charge in [-0.25, -0.2) is 13.8 Å². The van der Waals surface area contributed by atoms with Crippen molar-refractivity contribution in [3.05, 3.63) is 27.5 Å². The van der Waals surface area contributed by atoms with Crippen molar-refractivity contribution in [2.24, 2.45) is 0 Å². The van der Waals surface area contributed by atoms with Crippen LogP contribution >= 0.6 is 23.2 Å². The Labute approximate surface area is 93.6 Å². The zero-order valence-electron chi connectivity index (χ0n) is 7.18. The third kappa shape index (κ3) is 3.00. The summed E-state index contributed by atoms with van der Waals surface area (Å²) in [7, 11) is 0. The Morgan fingerprint density at radius 3 is 2.60 bits per heavy atom. The molecule has 3 nitrogen and oxygen atoms in total. The lowest BCUT2D eigenvalue weighted by Crippen LogP contribution is -2.03. The number of alkyl halides is 2. The van der Waals surface area contributed by atoms with E-state index >= 15 is 0 Å². The molecule has 82 valence electrons. The molecule has 0 aliphatic rings. The SMILES string of the molecule is O=C(O)Cc1cc(C(F)F)nc(Cl)c1Cl. The first-order valence-electron chi connectivity index (χ1n) is 3.76. The highest BCUT2D eigenvalue weighted by Crippen LogP contribution is 2.28. The van der Waals surface area contributed by atoms with Crippen molar-refractivity contribution in [1.82, 2.24) is 4.98 Å². The van der Waals surface area contributed by atoms with Gasteiger partial charge in [-0.1, -0.05) is 23.2 Å². The number of aromatic nitrogens is 1. The minimum Gasteiger partial charge on any atom is -0.481 e. The van der Waals surface area contributed by atoms with Gasteiger partial charge in [-0.3, -0.25) is 4.79 Å². The average Bonchev–Trinajstić information content (AvgIpc) is 2.11. The fourth-order valence-electron chi connectivity index (χ4n) is 0.972. The summed E-state index contributed by atoms with van der Waals surface area (Å²) >= 11 is 11.1. The number of hydrogen-bond donors (Lipinski definition) is 1. The van der Waals surface area contributed by atoms with E-state index in [0.717, 1.165) is 6.07 Å². The maximum atomic E-state index is 12.3. The van der Waals surface area contributed by atoms with Crippen molar-refractivity contribution in [1.29, 1.82) is 0 Å². The molecule has 0 aromatic carbocycles. The van der Waals surface area contributed by atoms with E-state index in [4.69, 9.17) is 28.3 Å². The second kappa shape index (κ2) is 4.72. The van der Waals surface area contributed by atoms with Crippen LogP contribution < -0.4 is 0 Å². The molecule has 0 atom stereocenters. The Balaban J connectivity index is 3.18. The lowest BCUT2D eigenvalue weighted by atomic mass is 10.1. The van der Waals surface area contributed by atoms with Gasteiger partial charge in [-0.2, -0.15) is 0 Å². The van der Waals surface area contributed by atoms with Crippen LogP contribution in [0, 0.1) is 0 Å². The molecular weight excluding hydrogens is 251 g/mol. The van der Waals surface area contributed by atoms with Crippen molar-refractivity contribution in [3.8, 4) is 0 Å². The average molecular weight is 256 g/mol. The van der Waals surface area contributed by atoms with E-state index in [-0.39, 0.29) is 15.7 Å². The lowest BCUT2D eigenvalue weighted by Gasteiger charge is -2.06. The number of carboxylic acid groups (broad SMARTS) is 1. The predicted octanol–water partition coefficient (Wildman–Crippen LogP) is 2.95. The van der Waals surface area contributed by atoms with Crippen LogP contribution in [0.25, 0.3) is 0 Å². The summed E-state index contributed by atoms with van der Waals surface area (Å²) in [6, 6.07) is 0.938. The topological polar surface area (TPSA) is 50.2 Å². The van der Waals surface area contributed by atoms with Crippen LogP contribution in [0.3, 0.4) is 0 Å². The molecule has 0 aliphatic heterocycles. The molecule has 1 aromatic heterocycles. The van der Waals surface area contributed by atoms with Gasteiger partial charge < -0.3 is 5.11 Å². The van der Waals surface area contributed by atoms with Gasteiger partial charge in [-0.15, -0.1) is 0 Å². The first-order valence-corrected chi connectivity index (χ1v) is 4.52. The molecule has 0 unspecified atom stereocenters. The molecule has 0 saturated carbocycles. The van der Waals surface area contributed by atoms with Crippen molar-refractivity contribution in [3.63, 3.8) is 0 Å². The molecule has 0 saturated heterocycles. The monoisotopic (exact) mass is 255 g/mol. The van der Waals surface area contributed by atoms with E-state index in [9.17, 15) is 13.6 Å². The summed E-state index contributed by atoms with van der Waals surface area (Å²) in [5.74, 6) is -1.18. The van der Waals surface area contributed by atoms with E-state index in [2.05, 4.69) is 4.98 Å². The van der Waals surface area contributed by atoms with Crippen LogP contribution in [0.5, 0.6) is 0 Å². The second-order valence-corrected chi connectivity index (χ2v) is 3.42. The molecular formula is C8H5Cl2F2NO2. The Hall–Kier alpha value is -0.940. The van der Waals surface area contributed by atoms with Gasteiger partial charge in [0, 0.05) is 0 Å². The van der Waals surface area contributed by atoms with Gasteiger partial charge in [0.25, 0.3) is 6.43 Å². The quantitative estimate of drug-likeness (QED) is 0.846. The predicted molar refractivity (Wildman–Crippen MR) is 50.6 cm³/mol. The van der Waals surface area contributed by atoms with Crippen LogP contribution in [0.4, 0.5) is 8.78 Å². The van der Waals surface area contributed by atoms with Gasteiger partial charge in [0.2, 0.25) is 0 Å². The number of carboxylic acids is 1. The number of aliphatic carboxylic acids is 1. The van der Waals surface area contributed by atoms with Gasteiger partial charge in [0.05, 0.1) is 11.4 Å². The largest absolute Gasteiger partial charge is 0.481 e. The van der Waals surface area contributed by atoms with Gasteiger partial charge in [0.15, 0.2) is 0 Å². The van der Waals surface area contributed by atoms with Gasteiger partial charge >= 0.3 is 5.97 Å². The molecule has 0 spiro atoms. The molecule has 1 aromatic rings. The Morgan fingerprint density at radius 1 is 1.53 bits per heavy atom. The number of rotatable bonds is 3. The zero-order chi connectivity index (χ0) is 11.6. The summed E-state index contributed by atoms with van der Waals surface area (Å²) in [6.07, 6.45) is -3.28. The summed E-state index contributed by atoms with van der Waals surface area (Å²) in [4.78, 5) is 13.7. The van der Waals surface area contributed by atoms with Crippen molar-refractivity contribution < 1.29 is 18.7 Å². The molecule has 1 N–H and O–H groups in total. The van der Waals surface area contributed by atoms with Crippen LogP contribution in [0.2, 0.25) is 10.2 Å². The van der Waals surface area contributed by atoms with E-state index in [0.29, 0.717) is 0 Å². The maximum absolute atomic E-state index is 12.3. The van der Waals surface area contributed by atoms with E-state index in [1.165, 1.54) is 0 Å². The Kier molecular flexibility index (Phi) is 3.82. The fourth-order valence-corrected chi connectivity index (χ4v) is 1.35. The summed E-state index contributed by atoms with van der Waals surface area (Å²) in [5.41, 5.74) is -0.555. The molecule has 0 aliphatic carbocycles. The first kappa shape index (κ1) is 12.1. The smallest absolute Gasteiger partial charge is 0.307 e. The van der Waals surface area contributed by atoms with Crippen molar-refractivity contribution in [2.75, 3.05) is 0 Å². The molecule has 15 heavy (non-hydrogen) atoms. The highest BCUT2D eigenvalue weighted by molar-refractivity contribution is 6.41. The number of hydrogen-bond acceptors (Lipinski definition) is 2. The van der Waals surface area contributed by atoms with Crippen molar-refractivity contribution >= 4 is 29.2 Å². The molecule has 0 radical (unpaired) electrons. The number of pyridine rings is 1. The molecule has 0 bridgehead atoms. The van der Waals surface area contributed by atoms with E-state index < -0.39 is 24.5 Å².